The molecule has 1 rings (SSSR count). The van der Waals surface area contributed by atoms with Crippen LogP contribution in [0.25, 0.3) is 0 Å². The number of nitrogens with two attached hydrogens (primary N) is 1. The maximum absolute atomic E-state index is 5.93. The Morgan fingerprint density at radius 3 is 2.58 bits per heavy atom. The SMILES string of the molecule is NCCCCc1cc(Cl)sc1Cl. The first kappa shape index (κ1) is 10.3. The van der Waals surface area contributed by atoms with Crippen molar-refractivity contribution in [3.05, 3.63) is 20.3 Å². The highest BCUT2D eigenvalue weighted by molar-refractivity contribution is 7.20. The van der Waals surface area contributed by atoms with E-state index in [1.165, 1.54) is 11.3 Å². The normalized spacial score (nSPS) is 10.6. The van der Waals surface area contributed by atoms with Crippen molar-refractivity contribution in [1.82, 2.24) is 0 Å². The largest absolute Gasteiger partial charge is 0.330 e. The molecule has 0 bridgehead atoms. The topological polar surface area (TPSA) is 26.0 Å². The zero-order valence-electron chi connectivity index (χ0n) is 6.65. The third kappa shape index (κ3) is 2.94. The van der Waals surface area contributed by atoms with Crippen LogP contribution in [0, 0.1) is 0 Å². The maximum Gasteiger partial charge on any atom is 0.0976 e. The van der Waals surface area contributed by atoms with Crippen LogP contribution in [0.2, 0.25) is 8.67 Å². The van der Waals surface area contributed by atoms with Crippen LogP contribution in [-0.4, -0.2) is 6.54 Å². The molecule has 0 radical (unpaired) electrons. The van der Waals surface area contributed by atoms with Crippen molar-refractivity contribution in [1.29, 1.82) is 0 Å². The van der Waals surface area contributed by atoms with Gasteiger partial charge in [0.2, 0.25) is 0 Å². The summed E-state index contributed by atoms with van der Waals surface area (Å²) >= 11 is 13.1. The number of rotatable bonds is 4. The molecule has 0 aliphatic heterocycles. The Balaban J connectivity index is 2.45. The zero-order chi connectivity index (χ0) is 8.97. The molecule has 0 spiro atoms. The van der Waals surface area contributed by atoms with Crippen molar-refractivity contribution in [2.75, 3.05) is 6.54 Å². The van der Waals surface area contributed by atoms with Crippen LogP contribution in [0.5, 0.6) is 0 Å². The van der Waals surface area contributed by atoms with Gasteiger partial charge < -0.3 is 5.73 Å². The molecule has 0 saturated heterocycles. The van der Waals surface area contributed by atoms with Crippen LogP contribution in [0.4, 0.5) is 0 Å². The molecule has 0 aromatic carbocycles. The average molecular weight is 224 g/mol. The van der Waals surface area contributed by atoms with Gasteiger partial charge in [-0.2, -0.15) is 0 Å². The van der Waals surface area contributed by atoms with Crippen LogP contribution in [0.3, 0.4) is 0 Å². The lowest BCUT2D eigenvalue weighted by molar-refractivity contribution is 0.746. The Bertz CT molecular complexity index is 247. The Hall–Kier alpha value is 0.240. The maximum atomic E-state index is 5.93. The van der Waals surface area contributed by atoms with Crippen molar-refractivity contribution in [2.45, 2.75) is 19.3 Å². The first-order valence-corrected chi connectivity index (χ1v) is 5.45. The summed E-state index contributed by atoms with van der Waals surface area (Å²) in [7, 11) is 0. The highest BCUT2D eigenvalue weighted by Crippen LogP contribution is 2.31. The highest BCUT2D eigenvalue weighted by Gasteiger charge is 2.04. The Morgan fingerprint density at radius 2 is 2.08 bits per heavy atom. The molecule has 2 N–H and O–H groups in total. The van der Waals surface area contributed by atoms with E-state index in [-0.39, 0.29) is 0 Å². The molecule has 0 fully saturated rings. The first-order valence-electron chi connectivity index (χ1n) is 3.88. The van der Waals surface area contributed by atoms with Crippen LogP contribution >= 0.6 is 34.5 Å². The van der Waals surface area contributed by atoms with Gasteiger partial charge in [-0.05, 0) is 37.4 Å². The standard InChI is InChI=1S/C8H11Cl2NS/c9-7-5-6(8(10)12-7)3-1-2-4-11/h5H,1-4,11H2. The molecule has 1 aromatic heterocycles. The molecule has 0 aliphatic carbocycles. The lowest BCUT2D eigenvalue weighted by atomic mass is 10.1. The summed E-state index contributed by atoms with van der Waals surface area (Å²) in [6.07, 6.45) is 3.12. The van der Waals surface area contributed by atoms with E-state index in [0.717, 1.165) is 40.0 Å². The number of hydrogen-bond acceptors (Lipinski definition) is 2. The minimum Gasteiger partial charge on any atom is -0.330 e. The number of aryl methyl sites for hydroxylation is 1. The van der Waals surface area contributed by atoms with Gasteiger partial charge in [0.15, 0.2) is 0 Å². The summed E-state index contributed by atoms with van der Waals surface area (Å²) in [4.78, 5) is 0. The highest BCUT2D eigenvalue weighted by atomic mass is 35.5. The molecule has 0 atom stereocenters. The summed E-state index contributed by atoms with van der Waals surface area (Å²) in [5.74, 6) is 0. The molecule has 1 heterocycles. The first-order chi connectivity index (χ1) is 5.74. The van der Waals surface area contributed by atoms with Crippen LogP contribution in [0.15, 0.2) is 6.07 Å². The Labute approximate surface area is 86.5 Å². The van der Waals surface area contributed by atoms with E-state index in [4.69, 9.17) is 28.9 Å². The van der Waals surface area contributed by atoms with E-state index in [1.54, 1.807) is 0 Å². The lowest BCUT2D eigenvalue weighted by Gasteiger charge is -1.96. The van der Waals surface area contributed by atoms with Gasteiger partial charge in [-0.15, -0.1) is 11.3 Å². The van der Waals surface area contributed by atoms with E-state index in [9.17, 15) is 0 Å². The van der Waals surface area contributed by atoms with E-state index >= 15 is 0 Å². The predicted molar refractivity (Wildman–Crippen MR) is 56.3 cm³/mol. The van der Waals surface area contributed by atoms with Gasteiger partial charge in [-0.3, -0.25) is 0 Å². The molecule has 0 unspecified atom stereocenters. The summed E-state index contributed by atoms with van der Waals surface area (Å²) in [6.45, 7) is 0.746. The monoisotopic (exact) mass is 223 g/mol. The molecule has 0 amide bonds. The molecule has 0 aliphatic rings. The van der Waals surface area contributed by atoms with Crippen molar-refractivity contribution >= 4 is 34.5 Å². The molecule has 1 aromatic rings. The Morgan fingerprint density at radius 1 is 1.33 bits per heavy atom. The minimum absolute atomic E-state index is 0.746. The quantitative estimate of drug-likeness (QED) is 0.780. The van der Waals surface area contributed by atoms with E-state index in [1.807, 2.05) is 6.07 Å². The van der Waals surface area contributed by atoms with Crippen molar-refractivity contribution in [3.63, 3.8) is 0 Å². The van der Waals surface area contributed by atoms with Crippen LogP contribution in [-0.2, 0) is 6.42 Å². The van der Waals surface area contributed by atoms with Gasteiger partial charge in [0.1, 0.15) is 0 Å². The number of halogens is 2. The summed E-state index contributed by atoms with van der Waals surface area (Å²) in [5, 5.41) is 0. The molecule has 1 nitrogen and oxygen atoms in total. The molecule has 68 valence electrons. The van der Waals surface area contributed by atoms with Gasteiger partial charge >= 0.3 is 0 Å². The zero-order valence-corrected chi connectivity index (χ0v) is 8.98. The smallest absolute Gasteiger partial charge is 0.0976 e. The third-order valence-electron chi connectivity index (χ3n) is 1.63. The molecule has 12 heavy (non-hydrogen) atoms. The molecular weight excluding hydrogens is 213 g/mol. The second-order valence-corrected chi connectivity index (χ2v) is 4.88. The number of thiophene rings is 1. The van der Waals surface area contributed by atoms with Gasteiger partial charge in [0.25, 0.3) is 0 Å². The third-order valence-corrected chi connectivity index (χ3v) is 3.20. The summed E-state index contributed by atoms with van der Waals surface area (Å²) < 4.78 is 1.58. The summed E-state index contributed by atoms with van der Waals surface area (Å²) in [6, 6.07) is 1.94. The van der Waals surface area contributed by atoms with Crippen LogP contribution in [0.1, 0.15) is 18.4 Å². The fraction of sp³-hybridized carbons (Fsp3) is 0.500. The van der Waals surface area contributed by atoms with E-state index in [2.05, 4.69) is 0 Å². The van der Waals surface area contributed by atoms with Crippen molar-refractivity contribution in [2.24, 2.45) is 5.73 Å². The predicted octanol–water partition coefficient (Wildman–Crippen LogP) is 3.34. The minimum atomic E-state index is 0.746. The second-order valence-electron chi connectivity index (χ2n) is 2.60. The number of unbranched alkanes of at least 4 members (excludes halogenated alkanes) is 1. The van der Waals surface area contributed by atoms with Gasteiger partial charge in [0.05, 0.1) is 8.67 Å². The lowest BCUT2D eigenvalue weighted by Crippen LogP contribution is -1.98. The molecule has 0 saturated carbocycles. The van der Waals surface area contributed by atoms with Crippen molar-refractivity contribution < 1.29 is 0 Å². The van der Waals surface area contributed by atoms with Gasteiger partial charge in [0, 0.05) is 0 Å². The molecule has 4 heteroatoms. The fourth-order valence-corrected chi connectivity index (χ4v) is 2.55. The molecular formula is C8H11Cl2NS. The fourth-order valence-electron chi connectivity index (χ4n) is 1.00. The van der Waals surface area contributed by atoms with E-state index in [0.29, 0.717) is 0 Å². The van der Waals surface area contributed by atoms with Crippen molar-refractivity contribution in [3.8, 4) is 0 Å². The second kappa shape index (κ2) is 5.07. The summed E-state index contributed by atoms with van der Waals surface area (Å²) in [5.41, 5.74) is 6.53. The van der Waals surface area contributed by atoms with E-state index < -0.39 is 0 Å². The van der Waals surface area contributed by atoms with Crippen LogP contribution < -0.4 is 5.73 Å². The van der Waals surface area contributed by atoms with Gasteiger partial charge in [-0.25, -0.2) is 0 Å². The Kier molecular flexibility index (Phi) is 4.36. The number of hydrogen-bond donors (Lipinski definition) is 1. The van der Waals surface area contributed by atoms with Gasteiger partial charge in [-0.1, -0.05) is 23.2 Å². The average Bonchev–Trinajstić information content (AvgIpc) is 2.31.